The first kappa shape index (κ1) is 17.4. The minimum absolute atomic E-state index is 0.0758. The summed E-state index contributed by atoms with van der Waals surface area (Å²) in [5.74, 6) is 1.82. The molecule has 2 heterocycles. The number of carbonyl (C=O) groups is 1. The molecule has 6 nitrogen and oxygen atoms in total. The molecule has 0 saturated heterocycles. The third kappa shape index (κ3) is 3.13. The Morgan fingerprint density at radius 1 is 1.11 bits per heavy atom. The lowest BCUT2D eigenvalue weighted by Crippen LogP contribution is -2.24. The van der Waals surface area contributed by atoms with E-state index in [4.69, 9.17) is 21.1 Å². The van der Waals surface area contributed by atoms with Crippen molar-refractivity contribution in [2.75, 3.05) is 19.5 Å². The lowest BCUT2D eigenvalue weighted by Gasteiger charge is -2.25. The molecular formula is C20H18ClN3O3. The quantitative estimate of drug-likeness (QED) is 0.739. The lowest BCUT2D eigenvalue weighted by molar-refractivity contribution is -0.116. The second kappa shape index (κ2) is 6.96. The van der Waals surface area contributed by atoms with Crippen LogP contribution in [0.1, 0.15) is 23.5 Å². The van der Waals surface area contributed by atoms with Gasteiger partial charge >= 0.3 is 0 Å². The van der Waals surface area contributed by atoms with Crippen LogP contribution < -0.4 is 14.8 Å². The number of hydrogen-bond donors (Lipinski definition) is 1. The fraction of sp³-hybridized carbons (Fsp3) is 0.200. The molecule has 0 spiro atoms. The van der Waals surface area contributed by atoms with Gasteiger partial charge in [-0.25, -0.2) is 4.68 Å². The number of nitrogens with one attached hydrogen (secondary N) is 1. The standard InChI is InChI=1S/C20H18ClN3O3/c1-26-14-7-8-18(27-2)16(9-14)15-10-19(25)23-20-17(15)11-22-24(20)13-5-3-12(21)4-6-13/h3-9,11,15H,10H2,1-2H3,(H,23,25). The van der Waals surface area contributed by atoms with Gasteiger partial charge in [0.2, 0.25) is 5.91 Å². The van der Waals surface area contributed by atoms with Crippen LogP contribution in [0.2, 0.25) is 5.02 Å². The maximum Gasteiger partial charge on any atom is 0.226 e. The molecule has 1 atom stereocenters. The van der Waals surface area contributed by atoms with Crippen molar-refractivity contribution in [3.05, 3.63) is 64.8 Å². The highest BCUT2D eigenvalue weighted by Crippen LogP contribution is 2.42. The van der Waals surface area contributed by atoms with Gasteiger partial charge in [0.25, 0.3) is 0 Å². The Bertz CT molecular complexity index is 998. The first-order valence-electron chi connectivity index (χ1n) is 8.46. The Kier molecular flexibility index (Phi) is 4.49. The zero-order valence-corrected chi connectivity index (χ0v) is 15.7. The third-order valence-electron chi connectivity index (χ3n) is 4.70. The van der Waals surface area contributed by atoms with Gasteiger partial charge in [0.1, 0.15) is 17.3 Å². The number of hydrogen-bond acceptors (Lipinski definition) is 4. The number of benzene rings is 2. The van der Waals surface area contributed by atoms with Crippen molar-refractivity contribution in [3.63, 3.8) is 0 Å². The van der Waals surface area contributed by atoms with E-state index in [0.717, 1.165) is 16.8 Å². The molecule has 27 heavy (non-hydrogen) atoms. The number of anilines is 1. The molecule has 0 fully saturated rings. The predicted molar refractivity (Wildman–Crippen MR) is 103 cm³/mol. The molecule has 4 rings (SSSR count). The van der Waals surface area contributed by atoms with Gasteiger partial charge in [-0.3, -0.25) is 4.79 Å². The third-order valence-corrected chi connectivity index (χ3v) is 4.96. The number of amides is 1. The molecule has 1 aliphatic rings. The molecule has 1 N–H and O–H groups in total. The molecule has 2 aromatic carbocycles. The second-order valence-electron chi connectivity index (χ2n) is 6.25. The van der Waals surface area contributed by atoms with E-state index in [1.807, 2.05) is 30.3 Å². The number of fused-ring (bicyclic) bond motifs is 1. The Balaban J connectivity index is 1.83. The summed E-state index contributed by atoms with van der Waals surface area (Å²) in [6.45, 7) is 0. The number of nitrogens with zero attached hydrogens (tertiary/aromatic N) is 2. The summed E-state index contributed by atoms with van der Waals surface area (Å²) in [4.78, 5) is 12.5. The van der Waals surface area contributed by atoms with Crippen LogP contribution in [0.3, 0.4) is 0 Å². The highest BCUT2D eigenvalue weighted by molar-refractivity contribution is 6.30. The summed E-state index contributed by atoms with van der Waals surface area (Å²) >= 11 is 5.98. The molecule has 1 amide bonds. The predicted octanol–water partition coefficient (Wildman–Crippen LogP) is 4.02. The molecule has 1 aromatic heterocycles. The van der Waals surface area contributed by atoms with Crippen LogP contribution in [0.15, 0.2) is 48.7 Å². The number of rotatable bonds is 4. The second-order valence-corrected chi connectivity index (χ2v) is 6.69. The van der Waals surface area contributed by atoms with E-state index in [2.05, 4.69) is 10.4 Å². The maximum absolute atomic E-state index is 12.5. The summed E-state index contributed by atoms with van der Waals surface area (Å²) < 4.78 is 12.6. The number of methoxy groups -OCH3 is 2. The first-order valence-corrected chi connectivity index (χ1v) is 8.84. The highest BCUT2D eigenvalue weighted by Gasteiger charge is 2.32. The summed E-state index contributed by atoms with van der Waals surface area (Å²) in [7, 11) is 3.23. The molecule has 0 aliphatic carbocycles. The molecule has 138 valence electrons. The summed E-state index contributed by atoms with van der Waals surface area (Å²) in [5, 5.41) is 8.08. The average Bonchev–Trinajstić information content (AvgIpc) is 3.11. The molecule has 0 saturated carbocycles. The van der Waals surface area contributed by atoms with Gasteiger partial charge in [-0.05, 0) is 42.5 Å². The van der Waals surface area contributed by atoms with E-state index in [-0.39, 0.29) is 11.8 Å². The van der Waals surface area contributed by atoms with Crippen LogP contribution in [0, 0.1) is 0 Å². The Labute approximate surface area is 161 Å². The number of halogens is 1. The van der Waals surface area contributed by atoms with Crippen molar-refractivity contribution >= 4 is 23.3 Å². The van der Waals surface area contributed by atoms with Crippen molar-refractivity contribution in [2.24, 2.45) is 0 Å². The van der Waals surface area contributed by atoms with Crippen molar-refractivity contribution in [1.29, 1.82) is 0 Å². The molecule has 1 unspecified atom stereocenters. The van der Waals surface area contributed by atoms with Gasteiger partial charge in [-0.2, -0.15) is 5.10 Å². The van der Waals surface area contributed by atoms with E-state index in [0.29, 0.717) is 28.8 Å². The van der Waals surface area contributed by atoms with Gasteiger partial charge in [-0.1, -0.05) is 11.6 Å². The minimum Gasteiger partial charge on any atom is -0.497 e. The smallest absolute Gasteiger partial charge is 0.226 e. The number of aromatic nitrogens is 2. The van der Waals surface area contributed by atoms with Gasteiger partial charge in [0, 0.05) is 28.5 Å². The lowest BCUT2D eigenvalue weighted by atomic mass is 9.86. The first-order chi connectivity index (χ1) is 13.1. The van der Waals surface area contributed by atoms with Crippen molar-refractivity contribution in [3.8, 4) is 17.2 Å². The Morgan fingerprint density at radius 3 is 2.59 bits per heavy atom. The van der Waals surface area contributed by atoms with Crippen LogP contribution in [0.25, 0.3) is 5.69 Å². The molecular weight excluding hydrogens is 366 g/mol. The van der Waals surface area contributed by atoms with Crippen LogP contribution in [0.5, 0.6) is 11.5 Å². The minimum atomic E-state index is -0.181. The SMILES string of the molecule is COc1ccc(OC)c(C2CC(=O)Nc3c2cnn3-c2ccc(Cl)cc2)c1. The molecule has 0 radical (unpaired) electrons. The van der Waals surface area contributed by atoms with Gasteiger partial charge in [0.05, 0.1) is 26.1 Å². The van der Waals surface area contributed by atoms with Crippen LogP contribution >= 0.6 is 11.6 Å². The molecule has 0 bridgehead atoms. The van der Waals surface area contributed by atoms with Crippen molar-refractivity contribution in [1.82, 2.24) is 9.78 Å². The zero-order chi connectivity index (χ0) is 19.0. The summed E-state index contributed by atoms with van der Waals surface area (Å²) in [5.41, 5.74) is 2.64. The van der Waals surface area contributed by atoms with Gasteiger partial charge in [-0.15, -0.1) is 0 Å². The Morgan fingerprint density at radius 2 is 1.89 bits per heavy atom. The normalized spacial score (nSPS) is 15.8. The van der Waals surface area contributed by atoms with Gasteiger partial charge < -0.3 is 14.8 Å². The largest absolute Gasteiger partial charge is 0.497 e. The average molecular weight is 384 g/mol. The van der Waals surface area contributed by atoms with E-state index in [1.54, 1.807) is 37.2 Å². The Hall–Kier alpha value is -2.99. The van der Waals surface area contributed by atoms with E-state index in [9.17, 15) is 4.79 Å². The van der Waals surface area contributed by atoms with E-state index in [1.165, 1.54) is 0 Å². The maximum atomic E-state index is 12.5. The topological polar surface area (TPSA) is 65.4 Å². The van der Waals surface area contributed by atoms with Gasteiger partial charge in [0.15, 0.2) is 0 Å². The van der Waals surface area contributed by atoms with Crippen LogP contribution in [-0.4, -0.2) is 29.9 Å². The summed E-state index contributed by atoms with van der Waals surface area (Å²) in [6.07, 6.45) is 2.09. The summed E-state index contributed by atoms with van der Waals surface area (Å²) in [6, 6.07) is 12.9. The number of ether oxygens (including phenoxy) is 2. The highest BCUT2D eigenvalue weighted by atomic mass is 35.5. The molecule has 1 aliphatic heterocycles. The molecule has 3 aromatic rings. The molecule has 7 heteroatoms. The monoisotopic (exact) mass is 383 g/mol. The number of carbonyl (C=O) groups excluding carboxylic acids is 1. The van der Waals surface area contributed by atoms with Crippen molar-refractivity contribution < 1.29 is 14.3 Å². The van der Waals surface area contributed by atoms with Crippen LogP contribution in [-0.2, 0) is 4.79 Å². The van der Waals surface area contributed by atoms with Crippen molar-refractivity contribution in [2.45, 2.75) is 12.3 Å². The fourth-order valence-corrected chi connectivity index (χ4v) is 3.51. The van der Waals surface area contributed by atoms with E-state index < -0.39 is 0 Å². The van der Waals surface area contributed by atoms with E-state index >= 15 is 0 Å². The fourth-order valence-electron chi connectivity index (χ4n) is 3.39. The van der Waals surface area contributed by atoms with Crippen LogP contribution in [0.4, 0.5) is 5.82 Å². The zero-order valence-electron chi connectivity index (χ0n) is 14.9.